The number of ether oxygens (including phenoxy) is 1. The third-order valence-electron chi connectivity index (χ3n) is 5.94. The molecular formula is C19H31FN2O2. The normalized spacial score (nSPS) is 34.8. The number of nitrogens with one attached hydrogen (secondary N) is 2. The summed E-state index contributed by atoms with van der Waals surface area (Å²) in [7, 11) is 2.06. The largest absolute Gasteiger partial charge is 0.490 e. The van der Waals surface area contributed by atoms with Gasteiger partial charge in [0.1, 0.15) is 12.8 Å². The predicted octanol–water partition coefficient (Wildman–Crippen LogP) is 2.45. The lowest BCUT2D eigenvalue weighted by molar-refractivity contribution is 0.0345. The van der Waals surface area contributed by atoms with Crippen molar-refractivity contribution in [2.24, 2.45) is 5.92 Å². The van der Waals surface area contributed by atoms with Crippen LogP contribution in [0.25, 0.3) is 0 Å². The molecule has 1 heterocycles. The van der Waals surface area contributed by atoms with E-state index in [9.17, 15) is 4.39 Å². The van der Waals surface area contributed by atoms with Crippen molar-refractivity contribution < 1.29 is 14.2 Å². The second-order valence-electron chi connectivity index (χ2n) is 7.42. The maximum atomic E-state index is 12.8. The summed E-state index contributed by atoms with van der Waals surface area (Å²) in [6.45, 7) is -0.931. The van der Waals surface area contributed by atoms with Crippen molar-refractivity contribution in [1.29, 1.82) is 0 Å². The molecule has 3 atom stereocenters. The molecule has 1 aliphatic heterocycles. The first-order chi connectivity index (χ1) is 11.7. The lowest BCUT2D eigenvalue weighted by Crippen LogP contribution is -2.49. The third kappa shape index (κ3) is 4.19. The Hall–Kier alpha value is -0.910. The molecular weight excluding hydrogens is 307 g/mol. The van der Waals surface area contributed by atoms with Crippen molar-refractivity contribution >= 4 is 0 Å². The summed E-state index contributed by atoms with van der Waals surface area (Å²) >= 11 is 0. The molecule has 3 N–H and O–H groups in total. The van der Waals surface area contributed by atoms with Crippen LogP contribution in [0, 0.1) is 5.92 Å². The number of hydrogen-bond donors (Lipinski definition) is 3. The van der Waals surface area contributed by atoms with E-state index >= 15 is 0 Å². The predicted molar refractivity (Wildman–Crippen MR) is 93.5 cm³/mol. The van der Waals surface area contributed by atoms with Gasteiger partial charge in [0.2, 0.25) is 0 Å². The summed E-state index contributed by atoms with van der Waals surface area (Å²) in [4.78, 5) is 0. The van der Waals surface area contributed by atoms with Crippen molar-refractivity contribution in [2.75, 3.05) is 20.3 Å². The lowest BCUT2D eigenvalue weighted by Gasteiger charge is -2.41. The molecule has 1 saturated carbocycles. The van der Waals surface area contributed by atoms with E-state index in [-0.39, 0.29) is 6.61 Å². The minimum atomic E-state index is -0.734. The first-order valence-corrected chi connectivity index (χ1v) is 9.40. The Morgan fingerprint density at radius 1 is 1.29 bits per heavy atom. The average molecular weight is 338 g/mol. The smallest absolute Gasteiger partial charge is 0.149 e. The van der Waals surface area contributed by atoms with Gasteiger partial charge in [-0.05, 0) is 57.6 Å². The molecule has 2 aliphatic carbocycles. The molecule has 3 rings (SSSR count). The monoisotopic (exact) mass is 338 g/mol. The van der Waals surface area contributed by atoms with Crippen LogP contribution in [-0.2, 0) is 4.74 Å². The minimum Gasteiger partial charge on any atom is -0.490 e. The zero-order chi connectivity index (χ0) is 16.9. The van der Waals surface area contributed by atoms with Crippen molar-refractivity contribution in [2.45, 2.75) is 69.2 Å². The van der Waals surface area contributed by atoms with Crippen LogP contribution in [0.1, 0.15) is 44.9 Å². The number of aliphatic hydroxyl groups is 1. The van der Waals surface area contributed by atoms with Crippen molar-refractivity contribution in [3.8, 4) is 0 Å². The van der Waals surface area contributed by atoms with E-state index in [0.717, 1.165) is 24.5 Å². The Morgan fingerprint density at radius 2 is 2.08 bits per heavy atom. The quantitative estimate of drug-likeness (QED) is 0.696. The number of halogens is 1. The summed E-state index contributed by atoms with van der Waals surface area (Å²) in [5.41, 5.74) is 1.43. The van der Waals surface area contributed by atoms with Crippen molar-refractivity contribution in [3.05, 3.63) is 23.5 Å². The van der Waals surface area contributed by atoms with E-state index in [0.29, 0.717) is 18.1 Å². The minimum absolute atomic E-state index is 0.278. The first-order valence-electron chi connectivity index (χ1n) is 9.40. The molecule has 0 spiro atoms. The molecule has 0 aromatic heterocycles. The molecule has 3 unspecified atom stereocenters. The maximum absolute atomic E-state index is 12.8. The van der Waals surface area contributed by atoms with Crippen LogP contribution < -0.4 is 10.6 Å². The fourth-order valence-electron chi connectivity index (χ4n) is 4.40. The zero-order valence-corrected chi connectivity index (χ0v) is 14.6. The van der Waals surface area contributed by atoms with Gasteiger partial charge < -0.3 is 20.5 Å². The summed E-state index contributed by atoms with van der Waals surface area (Å²) in [6, 6.07) is 1.58. The summed E-state index contributed by atoms with van der Waals surface area (Å²) < 4.78 is 18.4. The number of alkyl halides is 1. The van der Waals surface area contributed by atoms with Crippen molar-refractivity contribution in [1.82, 2.24) is 10.6 Å². The molecule has 0 aromatic rings. The molecule has 4 nitrogen and oxygen atoms in total. The van der Waals surface area contributed by atoms with Crippen LogP contribution in [0.4, 0.5) is 4.39 Å². The Kier molecular flexibility index (Phi) is 6.31. The molecule has 136 valence electrons. The number of aliphatic hydroxyl groups excluding tert-OH is 1. The number of piperidine rings is 1. The number of hydrogen-bond acceptors (Lipinski definition) is 4. The van der Waals surface area contributed by atoms with Gasteiger partial charge in [0.05, 0.1) is 12.4 Å². The molecule has 5 heteroatoms. The highest BCUT2D eigenvalue weighted by Gasteiger charge is 2.34. The standard InChI is InChI=1S/C19H31FN2O2/c1-21-15-6-2-13(3-7-15)18-9-5-14-4-8-16(10-19(14)22-18)24-17(11-20)12-23/h4,8,13,15,17-19,21-23H,2-3,5-7,9-12H2,1H3. The molecule has 1 saturated heterocycles. The number of fused-ring (bicyclic) bond motifs is 1. The van der Waals surface area contributed by atoms with Crippen LogP contribution in [0.3, 0.4) is 0 Å². The molecule has 24 heavy (non-hydrogen) atoms. The SMILES string of the molecule is CNC1CCC(C2CCC3=CC=C(OC(CO)CF)CC3N2)CC1. The Labute approximate surface area is 144 Å². The zero-order valence-electron chi connectivity index (χ0n) is 14.6. The van der Waals surface area contributed by atoms with Gasteiger partial charge in [-0.1, -0.05) is 11.6 Å². The van der Waals surface area contributed by atoms with Crippen LogP contribution in [0.15, 0.2) is 23.5 Å². The number of allylic oxidation sites excluding steroid dienone is 2. The highest BCUT2D eigenvalue weighted by Crippen LogP contribution is 2.35. The lowest BCUT2D eigenvalue weighted by atomic mass is 9.76. The van der Waals surface area contributed by atoms with Crippen LogP contribution in [-0.4, -0.2) is 49.7 Å². The van der Waals surface area contributed by atoms with Gasteiger partial charge in [-0.3, -0.25) is 0 Å². The average Bonchev–Trinajstić information content (AvgIpc) is 2.65. The van der Waals surface area contributed by atoms with Crippen molar-refractivity contribution in [3.63, 3.8) is 0 Å². The van der Waals surface area contributed by atoms with Gasteiger partial charge in [0.25, 0.3) is 0 Å². The summed E-state index contributed by atoms with van der Waals surface area (Å²) in [5, 5.41) is 16.3. The topological polar surface area (TPSA) is 53.5 Å². The Morgan fingerprint density at radius 3 is 2.75 bits per heavy atom. The molecule has 3 aliphatic rings. The van der Waals surface area contributed by atoms with Gasteiger partial charge in [-0.25, -0.2) is 4.39 Å². The van der Waals surface area contributed by atoms with Gasteiger partial charge in [-0.15, -0.1) is 0 Å². The van der Waals surface area contributed by atoms with Gasteiger partial charge in [0.15, 0.2) is 0 Å². The molecule has 0 aromatic carbocycles. The Balaban J connectivity index is 1.54. The third-order valence-corrected chi connectivity index (χ3v) is 5.94. The van der Waals surface area contributed by atoms with E-state index in [2.05, 4.69) is 23.8 Å². The van der Waals surface area contributed by atoms with Gasteiger partial charge in [0, 0.05) is 24.5 Å². The molecule has 0 bridgehead atoms. The van der Waals surface area contributed by atoms with E-state index < -0.39 is 12.8 Å². The first kappa shape index (κ1) is 17.9. The molecule has 0 amide bonds. The second-order valence-corrected chi connectivity index (χ2v) is 7.42. The highest BCUT2D eigenvalue weighted by molar-refractivity contribution is 5.29. The van der Waals surface area contributed by atoms with Crippen LogP contribution in [0.5, 0.6) is 0 Å². The second kappa shape index (κ2) is 8.45. The fraction of sp³-hybridized carbons (Fsp3) is 0.789. The van der Waals surface area contributed by atoms with E-state index in [1.165, 1.54) is 37.7 Å². The Bertz CT molecular complexity index is 468. The van der Waals surface area contributed by atoms with E-state index in [1.807, 2.05) is 6.08 Å². The highest BCUT2D eigenvalue weighted by atomic mass is 19.1. The van der Waals surface area contributed by atoms with Crippen LogP contribution in [0.2, 0.25) is 0 Å². The van der Waals surface area contributed by atoms with E-state index in [4.69, 9.17) is 9.84 Å². The molecule has 2 fully saturated rings. The van der Waals surface area contributed by atoms with Crippen LogP contribution >= 0.6 is 0 Å². The maximum Gasteiger partial charge on any atom is 0.149 e. The summed E-state index contributed by atoms with van der Waals surface area (Å²) in [6.07, 6.45) is 11.6. The summed E-state index contributed by atoms with van der Waals surface area (Å²) in [5.74, 6) is 1.55. The fourth-order valence-corrected chi connectivity index (χ4v) is 4.40. The van der Waals surface area contributed by atoms with Gasteiger partial charge >= 0.3 is 0 Å². The number of rotatable bonds is 6. The van der Waals surface area contributed by atoms with E-state index in [1.54, 1.807) is 0 Å². The molecule has 0 radical (unpaired) electrons. The van der Waals surface area contributed by atoms with Gasteiger partial charge in [-0.2, -0.15) is 0 Å².